The number of benzene rings is 1. The molecule has 3 heteroatoms. The second kappa shape index (κ2) is 5.42. The minimum Gasteiger partial charge on any atom is -0.380 e. The van der Waals surface area contributed by atoms with Gasteiger partial charge in [-0.25, -0.2) is 0 Å². The van der Waals surface area contributed by atoms with Crippen molar-refractivity contribution < 1.29 is 8.95 Å². The van der Waals surface area contributed by atoms with Crippen LogP contribution >= 0.6 is 0 Å². The molecule has 1 heterocycles. The second-order valence-electron chi connectivity index (χ2n) is 3.85. The molecule has 1 aromatic carbocycles. The monoisotopic (exact) mass is 224 g/mol. The van der Waals surface area contributed by atoms with Gasteiger partial charge in [0.1, 0.15) is 0 Å². The molecular formula is C12H16O2S. The predicted molar refractivity (Wildman–Crippen MR) is 62.1 cm³/mol. The molecule has 15 heavy (non-hydrogen) atoms. The maximum atomic E-state index is 12.0. The summed E-state index contributed by atoms with van der Waals surface area (Å²) in [6.07, 6.45) is 2.09. The van der Waals surface area contributed by atoms with Crippen LogP contribution < -0.4 is 0 Å². The third-order valence-electron chi connectivity index (χ3n) is 2.64. The van der Waals surface area contributed by atoms with Crippen LogP contribution in [0.2, 0.25) is 0 Å². The van der Waals surface area contributed by atoms with Crippen LogP contribution in [0.1, 0.15) is 18.4 Å². The summed E-state index contributed by atoms with van der Waals surface area (Å²) in [5, 5.41) is 0.235. The Hall–Kier alpha value is -0.670. The van der Waals surface area contributed by atoms with Gasteiger partial charge in [0, 0.05) is 23.2 Å². The Bertz CT molecular complexity index is 318. The molecule has 0 bridgehead atoms. The Morgan fingerprint density at radius 2 is 2.13 bits per heavy atom. The van der Waals surface area contributed by atoms with Crippen LogP contribution in [0, 0.1) is 0 Å². The highest BCUT2D eigenvalue weighted by Gasteiger charge is 2.20. The molecule has 1 saturated heterocycles. The average Bonchev–Trinajstić information content (AvgIpc) is 2.31. The van der Waals surface area contributed by atoms with E-state index in [0.29, 0.717) is 12.4 Å². The smallest absolute Gasteiger partial charge is 0.0610 e. The van der Waals surface area contributed by atoms with Crippen LogP contribution in [0.5, 0.6) is 0 Å². The summed E-state index contributed by atoms with van der Waals surface area (Å²) in [6.45, 7) is 1.50. The largest absolute Gasteiger partial charge is 0.380 e. The van der Waals surface area contributed by atoms with Crippen molar-refractivity contribution in [2.45, 2.75) is 23.8 Å². The SMILES string of the molecule is O=[S@](Cc1ccccc1)[C@H]1CCCOC1. The average molecular weight is 224 g/mol. The highest BCUT2D eigenvalue weighted by Crippen LogP contribution is 2.15. The van der Waals surface area contributed by atoms with Gasteiger partial charge in [0.25, 0.3) is 0 Å². The van der Waals surface area contributed by atoms with Crippen LogP contribution in [0.15, 0.2) is 30.3 Å². The van der Waals surface area contributed by atoms with Crippen LogP contribution in [-0.2, 0) is 21.3 Å². The molecule has 2 rings (SSSR count). The predicted octanol–water partition coefficient (Wildman–Crippen LogP) is 2.11. The summed E-state index contributed by atoms with van der Waals surface area (Å²) in [4.78, 5) is 0. The molecule has 0 N–H and O–H groups in total. The fraction of sp³-hybridized carbons (Fsp3) is 0.500. The van der Waals surface area contributed by atoms with Gasteiger partial charge < -0.3 is 4.74 Å². The van der Waals surface area contributed by atoms with Gasteiger partial charge in [0.2, 0.25) is 0 Å². The first-order chi connectivity index (χ1) is 7.36. The van der Waals surface area contributed by atoms with Gasteiger partial charge in [0.15, 0.2) is 0 Å². The van der Waals surface area contributed by atoms with E-state index in [9.17, 15) is 4.21 Å². The lowest BCUT2D eigenvalue weighted by atomic mass is 10.2. The Labute approximate surface area is 93.1 Å². The molecular weight excluding hydrogens is 208 g/mol. The number of ether oxygens (including phenoxy) is 1. The van der Waals surface area contributed by atoms with E-state index in [1.54, 1.807) is 0 Å². The number of hydrogen-bond acceptors (Lipinski definition) is 2. The lowest BCUT2D eigenvalue weighted by molar-refractivity contribution is 0.100. The topological polar surface area (TPSA) is 26.3 Å². The first-order valence-electron chi connectivity index (χ1n) is 5.35. The number of hydrogen-bond donors (Lipinski definition) is 0. The fourth-order valence-corrected chi connectivity index (χ4v) is 3.21. The maximum Gasteiger partial charge on any atom is 0.0610 e. The van der Waals surface area contributed by atoms with Crippen LogP contribution in [0.3, 0.4) is 0 Å². The third kappa shape index (κ3) is 3.14. The minimum atomic E-state index is -0.782. The molecule has 0 saturated carbocycles. The van der Waals surface area contributed by atoms with Gasteiger partial charge in [-0.3, -0.25) is 4.21 Å². The van der Waals surface area contributed by atoms with Crippen LogP contribution in [-0.4, -0.2) is 22.7 Å². The number of rotatable bonds is 3. The fourth-order valence-electron chi connectivity index (χ4n) is 1.77. The molecule has 1 fully saturated rings. The van der Waals surface area contributed by atoms with E-state index in [0.717, 1.165) is 25.0 Å². The minimum absolute atomic E-state index is 0.235. The molecule has 0 aliphatic carbocycles. The Morgan fingerprint density at radius 1 is 1.33 bits per heavy atom. The van der Waals surface area contributed by atoms with Crippen molar-refractivity contribution in [2.24, 2.45) is 0 Å². The normalized spacial score (nSPS) is 23.6. The molecule has 1 aliphatic rings. The van der Waals surface area contributed by atoms with Gasteiger partial charge in [0.05, 0.1) is 11.9 Å². The standard InChI is InChI=1S/C12H16O2S/c13-15(12-7-4-8-14-9-12)10-11-5-2-1-3-6-11/h1-3,5-6,12H,4,7-10H2/t12-,15+/m0/s1. The van der Waals surface area contributed by atoms with E-state index in [1.807, 2.05) is 30.3 Å². The summed E-state index contributed by atoms with van der Waals surface area (Å²) in [5.74, 6) is 0.662. The highest BCUT2D eigenvalue weighted by molar-refractivity contribution is 7.84. The molecule has 82 valence electrons. The van der Waals surface area contributed by atoms with Crippen molar-refractivity contribution in [3.8, 4) is 0 Å². The molecule has 0 spiro atoms. The Kier molecular flexibility index (Phi) is 3.92. The summed E-state index contributed by atoms with van der Waals surface area (Å²) in [5.41, 5.74) is 1.15. The van der Waals surface area contributed by atoms with Crippen molar-refractivity contribution in [1.82, 2.24) is 0 Å². The molecule has 0 unspecified atom stereocenters. The zero-order valence-electron chi connectivity index (χ0n) is 8.72. The van der Waals surface area contributed by atoms with Gasteiger partial charge >= 0.3 is 0 Å². The molecule has 1 aliphatic heterocycles. The molecule has 2 atom stereocenters. The highest BCUT2D eigenvalue weighted by atomic mass is 32.2. The molecule has 0 amide bonds. The quantitative estimate of drug-likeness (QED) is 0.786. The molecule has 2 nitrogen and oxygen atoms in total. The van der Waals surface area contributed by atoms with Gasteiger partial charge in [-0.2, -0.15) is 0 Å². The van der Waals surface area contributed by atoms with Crippen molar-refractivity contribution in [1.29, 1.82) is 0 Å². The van der Waals surface area contributed by atoms with Gasteiger partial charge in [-0.05, 0) is 18.4 Å². The first-order valence-corrected chi connectivity index (χ1v) is 6.73. The maximum absolute atomic E-state index is 12.0. The van der Waals surface area contributed by atoms with E-state index in [-0.39, 0.29) is 5.25 Å². The molecule has 0 radical (unpaired) electrons. The van der Waals surface area contributed by atoms with E-state index in [2.05, 4.69) is 0 Å². The zero-order valence-corrected chi connectivity index (χ0v) is 9.54. The van der Waals surface area contributed by atoms with Crippen molar-refractivity contribution in [3.63, 3.8) is 0 Å². The van der Waals surface area contributed by atoms with Gasteiger partial charge in [-0.1, -0.05) is 30.3 Å². The summed E-state index contributed by atoms with van der Waals surface area (Å²) < 4.78 is 17.3. The lowest BCUT2D eigenvalue weighted by Crippen LogP contribution is -2.27. The summed E-state index contributed by atoms with van der Waals surface area (Å²) in [6, 6.07) is 10.0. The second-order valence-corrected chi connectivity index (χ2v) is 5.57. The van der Waals surface area contributed by atoms with E-state index >= 15 is 0 Å². The van der Waals surface area contributed by atoms with Gasteiger partial charge in [-0.15, -0.1) is 0 Å². The summed E-state index contributed by atoms with van der Waals surface area (Å²) >= 11 is 0. The molecule has 1 aromatic rings. The summed E-state index contributed by atoms with van der Waals surface area (Å²) in [7, 11) is -0.782. The van der Waals surface area contributed by atoms with Crippen molar-refractivity contribution in [2.75, 3.05) is 13.2 Å². The van der Waals surface area contributed by atoms with Crippen LogP contribution in [0.4, 0.5) is 0 Å². The Balaban J connectivity index is 1.91. The van der Waals surface area contributed by atoms with Crippen molar-refractivity contribution >= 4 is 10.8 Å². The lowest BCUT2D eigenvalue weighted by Gasteiger charge is -2.21. The first kappa shape index (κ1) is 10.8. The third-order valence-corrected chi connectivity index (χ3v) is 4.38. The van der Waals surface area contributed by atoms with E-state index in [1.165, 1.54) is 0 Å². The van der Waals surface area contributed by atoms with E-state index in [4.69, 9.17) is 4.74 Å². The Morgan fingerprint density at radius 3 is 2.80 bits per heavy atom. The zero-order chi connectivity index (χ0) is 10.5. The van der Waals surface area contributed by atoms with E-state index < -0.39 is 10.8 Å². The van der Waals surface area contributed by atoms with Crippen LogP contribution in [0.25, 0.3) is 0 Å². The van der Waals surface area contributed by atoms with Crippen molar-refractivity contribution in [3.05, 3.63) is 35.9 Å². The molecule has 0 aromatic heterocycles.